The molecule has 5 heteroatoms. The Balaban J connectivity index is 2.45. The molecule has 0 amide bonds. The number of nitrogens with zero attached hydrogens (tertiary/aromatic N) is 1. The van der Waals surface area contributed by atoms with E-state index in [1.165, 1.54) is 6.20 Å². The van der Waals surface area contributed by atoms with Gasteiger partial charge >= 0.3 is 5.69 Å². The van der Waals surface area contributed by atoms with Crippen molar-refractivity contribution in [2.75, 3.05) is 12.5 Å². The zero-order valence-electron chi connectivity index (χ0n) is 9.73. The number of benzene rings is 1. The fourth-order valence-electron chi connectivity index (χ4n) is 1.39. The fourth-order valence-corrected chi connectivity index (χ4v) is 1.39. The Kier molecular flexibility index (Phi) is 3.30. The Hall–Kier alpha value is -2.74. The Bertz CT molecular complexity index is 718. The van der Waals surface area contributed by atoms with Crippen LogP contribution >= 0.6 is 0 Å². The van der Waals surface area contributed by atoms with Crippen molar-refractivity contribution in [1.82, 2.24) is 9.66 Å². The zero-order chi connectivity index (χ0) is 13.0. The monoisotopic (exact) mass is 241 g/mol. The maximum Gasteiger partial charge on any atom is 0.346 e. The van der Waals surface area contributed by atoms with Crippen LogP contribution in [0.15, 0.2) is 46.1 Å². The number of nitrogens with one attached hydrogen (secondary N) is 2. The lowest BCUT2D eigenvalue weighted by atomic mass is 10.2. The molecule has 0 aliphatic carbocycles. The summed E-state index contributed by atoms with van der Waals surface area (Å²) in [4.78, 5) is 25.0. The van der Waals surface area contributed by atoms with Crippen LogP contribution in [-0.2, 0) is 0 Å². The summed E-state index contributed by atoms with van der Waals surface area (Å²) in [6, 6.07) is 9.30. The molecule has 18 heavy (non-hydrogen) atoms. The quantitative estimate of drug-likeness (QED) is 0.696. The number of hydrogen-bond acceptors (Lipinski definition) is 3. The summed E-state index contributed by atoms with van der Waals surface area (Å²) in [6.07, 6.45) is 1.37. The molecular weight excluding hydrogens is 230 g/mol. The molecule has 0 unspecified atom stereocenters. The molecule has 2 N–H and O–H groups in total. The second-order valence-corrected chi connectivity index (χ2v) is 3.51. The Morgan fingerprint density at radius 1 is 1.17 bits per heavy atom. The van der Waals surface area contributed by atoms with Crippen molar-refractivity contribution in [2.45, 2.75) is 0 Å². The van der Waals surface area contributed by atoms with Crippen molar-refractivity contribution in [1.29, 1.82) is 0 Å². The van der Waals surface area contributed by atoms with E-state index in [9.17, 15) is 9.59 Å². The molecule has 1 aromatic carbocycles. The van der Waals surface area contributed by atoms with Crippen LogP contribution in [0.25, 0.3) is 0 Å². The minimum Gasteiger partial charge on any atom is -0.325 e. The smallest absolute Gasteiger partial charge is 0.325 e. The molecule has 0 fully saturated rings. The third-order valence-electron chi connectivity index (χ3n) is 2.30. The first kappa shape index (κ1) is 11.7. The van der Waals surface area contributed by atoms with E-state index in [2.05, 4.69) is 22.3 Å². The molecule has 90 valence electrons. The predicted octanol–water partition coefficient (Wildman–Crippen LogP) is 0.110. The molecule has 0 bridgehead atoms. The Labute approximate surface area is 103 Å². The van der Waals surface area contributed by atoms with Gasteiger partial charge in [0.25, 0.3) is 5.56 Å². The van der Waals surface area contributed by atoms with Gasteiger partial charge in [0, 0.05) is 12.6 Å². The summed E-state index contributed by atoms with van der Waals surface area (Å²) in [6.45, 7) is 0. The Morgan fingerprint density at radius 2 is 1.89 bits per heavy atom. The summed E-state index contributed by atoms with van der Waals surface area (Å²) < 4.78 is 1.16. The van der Waals surface area contributed by atoms with Gasteiger partial charge < -0.3 is 5.43 Å². The molecule has 1 aromatic heterocycles. The Morgan fingerprint density at radius 3 is 2.56 bits per heavy atom. The van der Waals surface area contributed by atoms with E-state index in [1.807, 2.05) is 30.3 Å². The first-order valence-electron chi connectivity index (χ1n) is 5.31. The maximum absolute atomic E-state index is 11.5. The third-order valence-corrected chi connectivity index (χ3v) is 2.30. The number of hydrogen-bond donors (Lipinski definition) is 2. The molecule has 1 heterocycles. The molecule has 0 aliphatic rings. The normalized spacial score (nSPS) is 9.39. The van der Waals surface area contributed by atoms with E-state index in [-0.39, 0.29) is 5.56 Å². The maximum atomic E-state index is 11.5. The SMILES string of the molecule is CNn1cc(C#Cc2ccccc2)c(=O)[nH]c1=O. The predicted molar refractivity (Wildman–Crippen MR) is 69.0 cm³/mol. The molecular formula is C13H11N3O2. The van der Waals surface area contributed by atoms with Crippen LogP contribution in [-0.4, -0.2) is 16.7 Å². The molecule has 0 radical (unpaired) electrons. The topological polar surface area (TPSA) is 66.9 Å². The lowest BCUT2D eigenvalue weighted by Gasteiger charge is -2.02. The summed E-state index contributed by atoms with van der Waals surface area (Å²) in [5, 5.41) is 0. The fraction of sp³-hybridized carbons (Fsp3) is 0.0769. The number of aromatic nitrogens is 2. The number of H-pyrrole nitrogens is 1. The second kappa shape index (κ2) is 5.06. The van der Waals surface area contributed by atoms with Crippen LogP contribution in [0.3, 0.4) is 0 Å². The van der Waals surface area contributed by atoms with Crippen molar-refractivity contribution in [3.05, 3.63) is 68.5 Å². The van der Waals surface area contributed by atoms with E-state index >= 15 is 0 Å². The average molecular weight is 241 g/mol. The summed E-state index contributed by atoms with van der Waals surface area (Å²) in [7, 11) is 1.58. The number of aromatic amines is 1. The van der Waals surface area contributed by atoms with Crippen LogP contribution in [0.4, 0.5) is 0 Å². The first-order valence-corrected chi connectivity index (χ1v) is 5.31. The highest BCUT2D eigenvalue weighted by Crippen LogP contribution is 1.95. The van der Waals surface area contributed by atoms with Crippen LogP contribution in [0.5, 0.6) is 0 Å². The zero-order valence-corrected chi connectivity index (χ0v) is 9.73. The van der Waals surface area contributed by atoms with Crippen LogP contribution in [0, 0.1) is 11.8 Å². The largest absolute Gasteiger partial charge is 0.346 e. The molecule has 0 saturated carbocycles. The van der Waals surface area contributed by atoms with Crippen molar-refractivity contribution in [3.8, 4) is 11.8 Å². The van der Waals surface area contributed by atoms with Crippen molar-refractivity contribution in [3.63, 3.8) is 0 Å². The molecule has 0 atom stereocenters. The van der Waals surface area contributed by atoms with Gasteiger partial charge in [0.15, 0.2) is 0 Å². The summed E-state index contributed by atoms with van der Waals surface area (Å²) in [5.41, 5.74) is 2.65. The molecule has 2 rings (SSSR count). The summed E-state index contributed by atoms with van der Waals surface area (Å²) >= 11 is 0. The highest BCUT2D eigenvalue weighted by atomic mass is 16.2. The van der Waals surface area contributed by atoms with Gasteiger partial charge in [-0.3, -0.25) is 9.78 Å². The second-order valence-electron chi connectivity index (χ2n) is 3.51. The van der Waals surface area contributed by atoms with Gasteiger partial charge in [-0.1, -0.05) is 30.0 Å². The number of rotatable bonds is 1. The average Bonchev–Trinajstić information content (AvgIpc) is 2.39. The van der Waals surface area contributed by atoms with Gasteiger partial charge in [-0.25, -0.2) is 9.47 Å². The molecule has 0 aliphatic heterocycles. The lowest BCUT2D eigenvalue weighted by molar-refractivity contribution is 0.808. The van der Waals surface area contributed by atoms with Gasteiger partial charge in [0.1, 0.15) is 5.56 Å². The van der Waals surface area contributed by atoms with Gasteiger partial charge in [0.05, 0.1) is 6.20 Å². The van der Waals surface area contributed by atoms with Gasteiger partial charge in [-0.05, 0) is 12.1 Å². The van der Waals surface area contributed by atoms with E-state index in [0.717, 1.165) is 10.2 Å². The first-order chi connectivity index (χ1) is 8.70. The third kappa shape index (κ3) is 2.50. The lowest BCUT2D eigenvalue weighted by Crippen LogP contribution is -2.34. The van der Waals surface area contributed by atoms with Crippen molar-refractivity contribution >= 4 is 0 Å². The minimum absolute atomic E-state index is 0.229. The molecule has 0 spiro atoms. The highest BCUT2D eigenvalue weighted by molar-refractivity contribution is 5.40. The summed E-state index contributed by atoms with van der Waals surface area (Å²) in [5.74, 6) is 5.60. The van der Waals surface area contributed by atoms with Crippen molar-refractivity contribution < 1.29 is 0 Å². The molecule has 2 aromatic rings. The van der Waals surface area contributed by atoms with E-state index in [0.29, 0.717) is 0 Å². The standard InChI is InChI=1S/C13H11N3O2/c1-14-16-9-11(12(17)15-13(16)18)8-7-10-5-3-2-4-6-10/h2-6,9,14H,1H3,(H,15,17,18). The highest BCUT2D eigenvalue weighted by Gasteiger charge is 2.00. The minimum atomic E-state index is -0.521. The van der Waals surface area contributed by atoms with E-state index in [1.54, 1.807) is 7.05 Å². The molecule has 5 nitrogen and oxygen atoms in total. The van der Waals surface area contributed by atoms with Crippen molar-refractivity contribution in [2.24, 2.45) is 0 Å². The van der Waals surface area contributed by atoms with Crippen LogP contribution in [0.1, 0.15) is 11.1 Å². The van der Waals surface area contributed by atoms with Crippen LogP contribution < -0.4 is 16.7 Å². The van der Waals surface area contributed by atoms with Gasteiger partial charge in [-0.2, -0.15) is 0 Å². The van der Waals surface area contributed by atoms with Gasteiger partial charge in [0.2, 0.25) is 0 Å². The molecule has 0 saturated heterocycles. The van der Waals surface area contributed by atoms with Crippen LogP contribution in [0.2, 0.25) is 0 Å². The van der Waals surface area contributed by atoms with Gasteiger partial charge in [-0.15, -0.1) is 0 Å². The van der Waals surface area contributed by atoms with E-state index < -0.39 is 11.2 Å². The van der Waals surface area contributed by atoms with E-state index in [4.69, 9.17) is 0 Å².